The molecule has 2 N–H and O–H groups in total. The van der Waals surface area contributed by atoms with Gasteiger partial charge in [-0.05, 0) is 72.6 Å². The van der Waals surface area contributed by atoms with Gasteiger partial charge in [-0.15, -0.1) is 0 Å². The highest BCUT2D eigenvalue weighted by atomic mass is 16.5. The Bertz CT molecular complexity index is 1640. The van der Waals surface area contributed by atoms with Crippen LogP contribution in [-0.4, -0.2) is 48.2 Å². The quantitative estimate of drug-likeness (QED) is 0.214. The molecule has 0 amide bonds. The lowest BCUT2D eigenvalue weighted by Crippen LogP contribution is -2.12. The van der Waals surface area contributed by atoms with E-state index in [0.717, 1.165) is 50.8 Å². The molecule has 196 valence electrons. The Labute approximate surface area is 228 Å². The minimum Gasteiger partial charge on any atom is -0.489 e. The third kappa shape index (κ3) is 6.61. The van der Waals surface area contributed by atoms with E-state index in [-0.39, 0.29) is 5.56 Å². The number of aromatic nitrogens is 1. The van der Waals surface area contributed by atoms with Crippen LogP contribution in [0.15, 0.2) is 103 Å². The van der Waals surface area contributed by atoms with E-state index in [9.17, 15) is 9.90 Å². The van der Waals surface area contributed by atoms with E-state index in [0.29, 0.717) is 13.2 Å². The molecule has 6 nitrogen and oxygen atoms in total. The molecule has 0 spiro atoms. The van der Waals surface area contributed by atoms with Crippen molar-refractivity contribution in [3.63, 3.8) is 0 Å². The first-order chi connectivity index (χ1) is 18.9. The molecule has 4 aromatic carbocycles. The van der Waals surface area contributed by atoms with E-state index < -0.39 is 5.97 Å². The largest absolute Gasteiger partial charge is 0.489 e. The Hall–Kier alpha value is -4.68. The van der Waals surface area contributed by atoms with Crippen LogP contribution < -0.4 is 10.1 Å². The van der Waals surface area contributed by atoms with Gasteiger partial charge in [-0.2, -0.15) is 0 Å². The average Bonchev–Trinajstić information content (AvgIpc) is 2.94. The van der Waals surface area contributed by atoms with E-state index in [1.54, 1.807) is 12.1 Å². The Kier molecular flexibility index (Phi) is 7.85. The highest BCUT2D eigenvalue weighted by molar-refractivity contribution is 5.89. The van der Waals surface area contributed by atoms with Gasteiger partial charge in [-0.3, -0.25) is 4.98 Å². The summed E-state index contributed by atoms with van der Waals surface area (Å²) in [6.45, 7) is 1.78. The fourth-order valence-electron chi connectivity index (χ4n) is 4.55. The maximum Gasteiger partial charge on any atom is 0.335 e. The molecule has 0 bridgehead atoms. The number of nitrogens with zero attached hydrogens (tertiary/aromatic N) is 2. The van der Waals surface area contributed by atoms with Crippen molar-refractivity contribution < 1.29 is 14.6 Å². The van der Waals surface area contributed by atoms with Crippen molar-refractivity contribution >= 4 is 39.4 Å². The normalized spacial score (nSPS) is 11.7. The van der Waals surface area contributed by atoms with Gasteiger partial charge in [0, 0.05) is 23.9 Å². The summed E-state index contributed by atoms with van der Waals surface area (Å²) in [7, 11) is 4.12. The molecule has 0 atom stereocenters. The SMILES string of the molecule is CN(C)Cc1ccc2ncc(NCC(=Cc3ccc(C(=O)O)cc3)COc3cccc4ccccc34)cc2c1. The van der Waals surface area contributed by atoms with Crippen LogP contribution in [0.5, 0.6) is 5.75 Å². The van der Waals surface area contributed by atoms with E-state index in [1.807, 2.05) is 48.7 Å². The lowest BCUT2D eigenvalue weighted by Gasteiger charge is -2.15. The molecule has 1 aromatic heterocycles. The van der Waals surface area contributed by atoms with Crippen LogP contribution in [0.25, 0.3) is 27.8 Å². The number of nitrogens with one attached hydrogen (secondary N) is 1. The van der Waals surface area contributed by atoms with Gasteiger partial charge in [0.1, 0.15) is 12.4 Å². The molecule has 6 heteroatoms. The summed E-state index contributed by atoms with van der Waals surface area (Å²) in [5.41, 5.74) is 5.28. The van der Waals surface area contributed by atoms with Crippen LogP contribution in [0, 0.1) is 0 Å². The lowest BCUT2D eigenvalue weighted by atomic mass is 10.1. The van der Waals surface area contributed by atoms with Gasteiger partial charge in [-0.1, -0.05) is 60.7 Å². The Morgan fingerprint density at radius 2 is 1.74 bits per heavy atom. The van der Waals surface area contributed by atoms with Crippen molar-refractivity contribution in [1.82, 2.24) is 9.88 Å². The lowest BCUT2D eigenvalue weighted by molar-refractivity contribution is 0.0697. The molecule has 0 radical (unpaired) electrons. The van der Waals surface area contributed by atoms with Crippen LogP contribution in [0.1, 0.15) is 21.5 Å². The molecule has 5 aromatic rings. The summed E-state index contributed by atoms with van der Waals surface area (Å²) in [4.78, 5) is 18.1. The molecule has 0 unspecified atom stereocenters. The Balaban J connectivity index is 1.38. The van der Waals surface area contributed by atoms with Gasteiger partial charge >= 0.3 is 5.97 Å². The predicted octanol–water partition coefficient (Wildman–Crippen LogP) is 6.72. The van der Waals surface area contributed by atoms with Gasteiger partial charge < -0.3 is 20.1 Å². The second-order valence-corrected chi connectivity index (χ2v) is 9.84. The van der Waals surface area contributed by atoms with E-state index in [1.165, 1.54) is 5.56 Å². The first-order valence-electron chi connectivity index (χ1n) is 12.9. The number of benzene rings is 4. The van der Waals surface area contributed by atoms with Crippen LogP contribution in [-0.2, 0) is 6.54 Å². The summed E-state index contributed by atoms with van der Waals surface area (Å²) in [5.74, 6) is -0.120. The summed E-state index contributed by atoms with van der Waals surface area (Å²) >= 11 is 0. The smallest absolute Gasteiger partial charge is 0.335 e. The topological polar surface area (TPSA) is 74.7 Å². The summed E-state index contributed by atoms with van der Waals surface area (Å²) < 4.78 is 6.30. The van der Waals surface area contributed by atoms with Gasteiger partial charge in [0.05, 0.1) is 23.0 Å². The second kappa shape index (κ2) is 11.8. The number of fused-ring (bicyclic) bond motifs is 2. The molecule has 0 aliphatic carbocycles. The maximum atomic E-state index is 11.3. The second-order valence-electron chi connectivity index (χ2n) is 9.84. The number of pyridine rings is 1. The van der Waals surface area contributed by atoms with E-state index in [4.69, 9.17) is 4.74 Å². The van der Waals surface area contributed by atoms with Crippen molar-refractivity contribution in [2.45, 2.75) is 6.54 Å². The zero-order chi connectivity index (χ0) is 27.2. The standard InChI is InChI=1S/C33H31N3O3/c1-36(2)21-24-12-15-31-28(17-24)18-29(20-35-31)34-19-25(16-23-10-13-27(14-11-23)33(37)38)22-39-32-9-5-7-26-6-3-4-8-30(26)32/h3-18,20,34H,19,21-22H2,1-2H3,(H,37,38). The van der Waals surface area contributed by atoms with E-state index in [2.05, 4.69) is 71.8 Å². The van der Waals surface area contributed by atoms with Crippen LogP contribution in [0.4, 0.5) is 5.69 Å². The molecular formula is C33H31N3O3. The number of rotatable bonds is 10. The summed E-state index contributed by atoms with van der Waals surface area (Å²) in [5, 5.41) is 16.0. The molecule has 0 saturated heterocycles. The molecule has 0 fully saturated rings. The number of aromatic carboxylic acids is 1. The third-order valence-corrected chi connectivity index (χ3v) is 6.46. The minimum absolute atomic E-state index is 0.259. The third-order valence-electron chi connectivity index (χ3n) is 6.46. The van der Waals surface area contributed by atoms with E-state index >= 15 is 0 Å². The molecule has 1 heterocycles. The number of hydrogen-bond donors (Lipinski definition) is 2. The van der Waals surface area contributed by atoms with Crippen molar-refractivity contribution in [2.24, 2.45) is 0 Å². The van der Waals surface area contributed by atoms with Gasteiger partial charge in [0.25, 0.3) is 0 Å². The monoisotopic (exact) mass is 517 g/mol. The van der Waals surface area contributed by atoms with Crippen molar-refractivity contribution in [3.05, 3.63) is 119 Å². The van der Waals surface area contributed by atoms with Crippen LogP contribution in [0.3, 0.4) is 0 Å². The first-order valence-corrected chi connectivity index (χ1v) is 12.9. The number of carbonyl (C=O) groups is 1. The minimum atomic E-state index is -0.941. The fourth-order valence-corrected chi connectivity index (χ4v) is 4.55. The summed E-state index contributed by atoms with van der Waals surface area (Å²) in [6, 6.07) is 29.5. The van der Waals surface area contributed by atoms with Crippen molar-refractivity contribution in [3.8, 4) is 5.75 Å². The Morgan fingerprint density at radius 1 is 0.949 bits per heavy atom. The number of hydrogen-bond acceptors (Lipinski definition) is 5. The van der Waals surface area contributed by atoms with Crippen molar-refractivity contribution in [1.29, 1.82) is 0 Å². The number of anilines is 1. The summed E-state index contributed by atoms with van der Waals surface area (Å²) in [6.07, 6.45) is 3.88. The van der Waals surface area contributed by atoms with Gasteiger partial charge in [0.2, 0.25) is 0 Å². The van der Waals surface area contributed by atoms with Gasteiger partial charge in [0.15, 0.2) is 0 Å². The average molecular weight is 518 g/mol. The first kappa shape index (κ1) is 25.9. The molecule has 0 saturated carbocycles. The Morgan fingerprint density at radius 3 is 2.54 bits per heavy atom. The maximum absolute atomic E-state index is 11.3. The number of ether oxygens (including phenoxy) is 1. The number of carboxylic acid groups (broad SMARTS) is 1. The number of carboxylic acids is 1. The van der Waals surface area contributed by atoms with Gasteiger partial charge in [-0.25, -0.2) is 4.79 Å². The zero-order valence-corrected chi connectivity index (χ0v) is 22.1. The predicted molar refractivity (Wildman–Crippen MR) is 158 cm³/mol. The highest BCUT2D eigenvalue weighted by Gasteiger charge is 2.07. The fraction of sp³-hybridized carbons (Fsp3) is 0.152. The highest BCUT2D eigenvalue weighted by Crippen LogP contribution is 2.26. The van der Waals surface area contributed by atoms with Crippen LogP contribution in [0.2, 0.25) is 0 Å². The molecule has 39 heavy (non-hydrogen) atoms. The zero-order valence-electron chi connectivity index (χ0n) is 22.1. The molecular weight excluding hydrogens is 486 g/mol. The molecule has 5 rings (SSSR count). The molecule has 0 aliphatic rings. The van der Waals surface area contributed by atoms with Crippen LogP contribution >= 0.6 is 0 Å². The molecule has 0 aliphatic heterocycles. The van der Waals surface area contributed by atoms with Crippen molar-refractivity contribution in [2.75, 3.05) is 32.6 Å².